The fourth-order valence-corrected chi connectivity index (χ4v) is 5.94. The van der Waals surface area contributed by atoms with Crippen molar-refractivity contribution in [1.82, 2.24) is 19.3 Å². The van der Waals surface area contributed by atoms with Gasteiger partial charge < -0.3 is 21.1 Å². The molecule has 0 aliphatic carbocycles. The van der Waals surface area contributed by atoms with Gasteiger partial charge in [0.2, 0.25) is 0 Å². The van der Waals surface area contributed by atoms with Crippen LogP contribution < -0.4 is 11.1 Å². The second-order valence-electron chi connectivity index (χ2n) is 9.00. The molecule has 35 heavy (non-hydrogen) atoms. The number of anilines is 2. The molecule has 4 N–H and O–H groups in total. The van der Waals surface area contributed by atoms with E-state index in [1.165, 1.54) is 11.3 Å². The highest BCUT2D eigenvalue weighted by atomic mass is 32.1. The summed E-state index contributed by atoms with van der Waals surface area (Å²) >= 11 is 1.53. The highest BCUT2D eigenvalue weighted by molar-refractivity contribution is 7.08. The lowest BCUT2D eigenvalue weighted by Crippen LogP contribution is -2.38. The molecule has 178 valence electrons. The second-order valence-corrected chi connectivity index (χ2v) is 9.78. The topological polar surface area (TPSA) is 126 Å². The first-order valence-electron chi connectivity index (χ1n) is 11.6. The Kier molecular flexibility index (Phi) is 5.18. The molecular formula is C25H24N6O3S. The van der Waals surface area contributed by atoms with Crippen molar-refractivity contribution in [3.63, 3.8) is 0 Å². The Hall–Kier alpha value is -3.92. The first kappa shape index (κ1) is 21.6. The number of hydrogen-bond donors (Lipinski definition) is 3. The number of nitrogens with two attached hydrogens (primary N) is 1. The third-order valence-electron chi connectivity index (χ3n) is 7.03. The van der Waals surface area contributed by atoms with E-state index in [-0.39, 0.29) is 17.9 Å². The second kappa shape index (κ2) is 8.38. The first-order chi connectivity index (χ1) is 17.0. The quantitative estimate of drug-likeness (QED) is 0.399. The molecule has 1 fully saturated rings. The lowest BCUT2D eigenvalue weighted by atomic mass is 9.95. The fraction of sp³-hybridized carbons (Fsp3) is 0.280. The Morgan fingerprint density at radius 2 is 2.03 bits per heavy atom. The molecule has 0 radical (unpaired) electrons. The zero-order valence-corrected chi connectivity index (χ0v) is 19.7. The van der Waals surface area contributed by atoms with E-state index in [4.69, 9.17) is 10.7 Å². The number of likely N-dealkylation sites (tertiary alicyclic amines) is 1. The average Bonchev–Trinajstić information content (AvgIpc) is 3.62. The summed E-state index contributed by atoms with van der Waals surface area (Å²) in [5, 5.41) is 16.9. The van der Waals surface area contributed by atoms with E-state index in [9.17, 15) is 14.7 Å². The highest BCUT2D eigenvalue weighted by Crippen LogP contribution is 2.40. The van der Waals surface area contributed by atoms with Crippen molar-refractivity contribution in [2.45, 2.75) is 31.2 Å². The number of benzene rings is 1. The maximum absolute atomic E-state index is 12.8. The van der Waals surface area contributed by atoms with Gasteiger partial charge in [-0.25, -0.2) is 14.8 Å². The van der Waals surface area contributed by atoms with Crippen LogP contribution in [0, 0.1) is 0 Å². The lowest BCUT2D eigenvalue weighted by Gasteiger charge is -2.31. The summed E-state index contributed by atoms with van der Waals surface area (Å²) in [7, 11) is 0. The zero-order chi connectivity index (χ0) is 24.1. The Labute approximate surface area is 205 Å². The number of carboxylic acids is 1. The van der Waals surface area contributed by atoms with Crippen LogP contribution in [0.15, 0.2) is 47.4 Å². The largest absolute Gasteiger partial charge is 0.478 e. The summed E-state index contributed by atoms with van der Waals surface area (Å²) in [4.78, 5) is 35.8. The van der Waals surface area contributed by atoms with E-state index < -0.39 is 5.97 Å². The number of piperidine rings is 1. The van der Waals surface area contributed by atoms with Crippen molar-refractivity contribution in [2.24, 2.45) is 0 Å². The Balaban J connectivity index is 1.30. The highest BCUT2D eigenvalue weighted by Gasteiger charge is 2.33. The van der Waals surface area contributed by atoms with Crippen LogP contribution in [0.3, 0.4) is 0 Å². The van der Waals surface area contributed by atoms with Gasteiger partial charge in [0.05, 0.1) is 22.9 Å². The number of carbonyl (C=O) groups excluding carboxylic acids is 1. The van der Waals surface area contributed by atoms with E-state index in [0.29, 0.717) is 30.9 Å². The third kappa shape index (κ3) is 3.61. The number of carboxylic acid groups (broad SMARTS) is 1. The van der Waals surface area contributed by atoms with E-state index in [1.54, 1.807) is 18.3 Å². The van der Waals surface area contributed by atoms with Crippen LogP contribution in [-0.4, -0.2) is 49.3 Å². The van der Waals surface area contributed by atoms with Gasteiger partial charge in [0.1, 0.15) is 17.2 Å². The average molecular weight is 489 g/mol. The van der Waals surface area contributed by atoms with E-state index in [2.05, 4.69) is 10.3 Å². The predicted octanol–water partition coefficient (Wildman–Crippen LogP) is 3.80. The van der Waals surface area contributed by atoms with E-state index in [0.717, 1.165) is 46.7 Å². The number of aromatic nitrogens is 3. The molecule has 1 saturated heterocycles. The number of nitrogens with zero attached hydrogens (tertiary/aromatic N) is 4. The minimum absolute atomic E-state index is 0.0777. The van der Waals surface area contributed by atoms with Gasteiger partial charge in [0, 0.05) is 48.9 Å². The number of aromatic carboxylic acids is 1. The number of amides is 1. The molecule has 2 aliphatic heterocycles. The fourth-order valence-electron chi connectivity index (χ4n) is 5.31. The molecular weight excluding hydrogens is 464 g/mol. The summed E-state index contributed by atoms with van der Waals surface area (Å²) < 4.78 is 2.02. The molecule has 0 spiro atoms. The first-order valence-corrected chi connectivity index (χ1v) is 12.5. The SMILES string of the molecule is Nc1nccn2c(C3CCN(C(=O)c4ccsc4)CC3)nc(C3Cc4c(cccc4C(=O)O)N3)c12. The number of imidazole rings is 1. The minimum atomic E-state index is -0.940. The Morgan fingerprint density at radius 3 is 2.77 bits per heavy atom. The number of hydrogen-bond acceptors (Lipinski definition) is 7. The van der Waals surface area contributed by atoms with Crippen LogP contribution in [0.1, 0.15) is 62.6 Å². The molecule has 4 aromatic rings. The number of rotatable bonds is 4. The summed E-state index contributed by atoms with van der Waals surface area (Å²) in [6, 6.07) is 6.92. The molecule has 1 unspecified atom stereocenters. The Bertz CT molecular complexity index is 1440. The smallest absolute Gasteiger partial charge is 0.336 e. The number of nitrogens with one attached hydrogen (secondary N) is 1. The van der Waals surface area contributed by atoms with Crippen molar-refractivity contribution in [1.29, 1.82) is 0 Å². The zero-order valence-electron chi connectivity index (χ0n) is 18.8. The van der Waals surface area contributed by atoms with Gasteiger partial charge >= 0.3 is 5.97 Å². The molecule has 1 aromatic carbocycles. The van der Waals surface area contributed by atoms with E-state index in [1.807, 2.05) is 38.4 Å². The van der Waals surface area contributed by atoms with Crippen molar-refractivity contribution in [3.8, 4) is 0 Å². The van der Waals surface area contributed by atoms with Crippen LogP contribution in [0.5, 0.6) is 0 Å². The molecule has 5 heterocycles. The number of carbonyl (C=O) groups is 2. The lowest BCUT2D eigenvalue weighted by molar-refractivity contribution is 0.0692. The molecule has 6 rings (SSSR count). The Morgan fingerprint density at radius 1 is 1.20 bits per heavy atom. The maximum Gasteiger partial charge on any atom is 0.336 e. The van der Waals surface area contributed by atoms with Crippen LogP contribution >= 0.6 is 11.3 Å². The van der Waals surface area contributed by atoms with Crippen LogP contribution in [-0.2, 0) is 6.42 Å². The van der Waals surface area contributed by atoms with Crippen molar-refractivity contribution >= 4 is 40.2 Å². The van der Waals surface area contributed by atoms with Gasteiger partial charge in [-0.2, -0.15) is 11.3 Å². The monoisotopic (exact) mass is 488 g/mol. The molecule has 1 atom stereocenters. The van der Waals surface area contributed by atoms with Gasteiger partial charge in [-0.15, -0.1) is 0 Å². The van der Waals surface area contributed by atoms with Crippen molar-refractivity contribution in [2.75, 3.05) is 24.1 Å². The molecule has 2 aliphatic rings. The summed E-state index contributed by atoms with van der Waals surface area (Å²) in [6.45, 7) is 1.33. The normalized spacial score (nSPS) is 17.9. The van der Waals surface area contributed by atoms with Crippen molar-refractivity contribution < 1.29 is 14.7 Å². The van der Waals surface area contributed by atoms with Gasteiger partial charge in [-0.3, -0.25) is 9.20 Å². The minimum Gasteiger partial charge on any atom is -0.478 e. The molecule has 0 saturated carbocycles. The van der Waals surface area contributed by atoms with Crippen LogP contribution in [0.25, 0.3) is 5.52 Å². The predicted molar refractivity (Wildman–Crippen MR) is 133 cm³/mol. The molecule has 0 bridgehead atoms. The summed E-state index contributed by atoms with van der Waals surface area (Å²) in [5.74, 6) is 0.604. The number of thiophene rings is 1. The van der Waals surface area contributed by atoms with Gasteiger partial charge in [-0.05, 0) is 42.0 Å². The standard InChI is InChI=1S/C25H24N6O3S/c26-22-21-20(19-12-17-16(25(33)34)2-1-3-18(17)28-19)29-23(31(21)10-7-27-22)14-4-8-30(9-5-14)24(32)15-6-11-35-13-15/h1-3,6-7,10-11,13-14,19,28H,4-5,8-9,12H2,(H2,26,27)(H,33,34). The van der Waals surface area contributed by atoms with E-state index >= 15 is 0 Å². The molecule has 3 aromatic heterocycles. The van der Waals surface area contributed by atoms with Crippen LogP contribution in [0.2, 0.25) is 0 Å². The third-order valence-corrected chi connectivity index (χ3v) is 7.71. The summed E-state index contributed by atoms with van der Waals surface area (Å²) in [5.41, 5.74) is 10.5. The van der Waals surface area contributed by atoms with Gasteiger partial charge in [-0.1, -0.05) is 6.07 Å². The van der Waals surface area contributed by atoms with Gasteiger partial charge in [0.25, 0.3) is 5.91 Å². The van der Waals surface area contributed by atoms with Gasteiger partial charge in [0.15, 0.2) is 0 Å². The molecule has 9 nitrogen and oxygen atoms in total. The number of fused-ring (bicyclic) bond motifs is 2. The van der Waals surface area contributed by atoms with Crippen molar-refractivity contribution in [3.05, 3.63) is 75.6 Å². The number of nitrogen functional groups attached to an aromatic ring is 1. The van der Waals surface area contributed by atoms with Crippen LogP contribution in [0.4, 0.5) is 11.5 Å². The maximum atomic E-state index is 12.8. The summed E-state index contributed by atoms with van der Waals surface area (Å²) in [6.07, 6.45) is 5.67. The molecule has 1 amide bonds. The molecule has 10 heteroatoms.